The minimum absolute atomic E-state index is 0.328. The Labute approximate surface area is 138 Å². The zero-order valence-corrected chi connectivity index (χ0v) is 14.0. The molecule has 3 rings (SSSR count). The molecule has 23 heavy (non-hydrogen) atoms. The van der Waals surface area contributed by atoms with E-state index < -0.39 is 0 Å². The van der Waals surface area contributed by atoms with E-state index in [2.05, 4.69) is 13.8 Å². The highest BCUT2D eigenvalue weighted by molar-refractivity contribution is 5.89. The molecule has 0 bridgehead atoms. The van der Waals surface area contributed by atoms with Crippen molar-refractivity contribution >= 4 is 6.21 Å². The second kappa shape index (κ2) is 6.99. The second-order valence-corrected chi connectivity index (χ2v) is 6.81. The molecule has 0 spiro atoms. The molecule has 0 aliphatic heterocycles. The van der Waals surface area contributed by atoms with Gasteiger partial charge in [-0.3, -0.25) is 4.99 Å². The lowest BCUT2D eigenvalue weighted by Crippen LogP contribution is -2.15. The number of benzene rings is 2. The molecule has 0 aromatic heterocycles. The number of aliphatic imine (C=N–C) groups is 1. The van der Waals surface area contributed by atoms with Crippen molar-refractivity contribution in [1.82, 2.24) is 0 Å². The number of aryl methyl sites for hydroxylation is 1. The minimum atomic E-state index is 0.328. The largest absolute Gasteiger partial charge is 0.507 e. The molecular weight excluding hydrogens is 282 g/mol. The zero-order chi connectivity index (χ0) is 16.2. The van der Waals surface area contributed by atoms with Gasteiger partial charge in [0.05, 0.1) is 0 Å². The molecule has 1 N–H and O–H groups in total. The van der Waals surface area contributed by atoms with E-state index in [1.54, 1.807) is 0 Å². The molecule has 1 aliphatic rings. The molecule has 120 valence electrons. The SMILES string of the molecule is Cc1cc(C=NC2CCC(C)CC2)c(O)c(-c2ccccc2)c1. The van der Waals surface area contributed by atoms with Gasteiger partial charge in [0.15, 0.2) is 0 Å². The van der Waals surface area contributed by atoms with Gasteiger partial charge < -0.3 is 5.11 Å². The molecule has 0 saturated heterocycles. The van der Waals surface area contributed by atoms with Crippen molar-refractivity contribution in [3.63, 3.8) is 0 Å². The Balaban J connectivity index is 1.87. The highest BCUT2D eigenvalue weighted by Crippen LogP contribution is 2.33. The predicted molar refractivity (Wildman–Crippen MR) is 97.3 cm³/mol. The normalized spacial score (nSPS) is 21.7. The average molecular weight is 307 g/mol. The number of hydrogen-bond acceptors (Lipinski definition) is 2. The smallest absolute Gasteiger partial charge is 0.132 e. The maximum absolute atomic E-state index is 10.6. The molecule has 1 saturated carbocycles. The molecule has 0 amide bonds. The molecule has 2 aromatic rings. The highest BCUT2D eigenvalue weighted by Gasteiger charge is 2.17. The number of nitrogens with zero attached hydrogens (tertiary/aromatic N) is 1. The van der Waals surface area contributed by atoms with Crippen molar-refractivity contribution < 1.29 is 5.11 Å². The standard InChI is InChI=1S/C21H25NO/c1-15-8-10-19(11-9-15)22-14-18-12-16(2)13-20(21(18)23)17-6-4-3-5-7-17/h3-7,12-15,19,23H,8-11H2,1-2H3. The van der Waals surface area contributed by atoms with E-state index in [-0.39, 0.29) is 0 Å². The van der Waals surface area contributed by atoms with Gasteiger partial charge in [-0.05, 0) is 61.8 Å². The number of hydrogen-bond donors (Lipinski definition) is 1. The van der Waals surface area contributed by atoms with Crippen LogP contribution in [0.2, 0.25) is 0 Å². The summed E-state index contributed by atoms with van der Waals surface area (Å²) in [5.41, 5.74) is 3.88. The molecule has 0 unspecified atom stereocenters. The van der Waals surface area contributed by atoms with Crippen molar-refractivity contribution in [2.75, 3.05) is 0 Å². The summed E-state index contributed by atoms with van der Waals surface area (Å²) in [6.07, 6.45) is 6.72. The molecule has 2 nitrogen and oxygen atoms in total. The highest BCUT2D eigenvalue weighted by atomic mass is 16.3. The van der Waals surface area contributed by atoms with E-state index in [4.69, 9.17) is 4.99 Å². The van der Waals surface area contributed by atoms with Gasteiger partial charge in [-0.1, -0.05) is 37.3 Å². The van der Waals surface area contributed by atoms with E-state index in [9.17, 15) is 5.11 Å². The number of rotatable bonds is 3. The fraction of sp³-hybridized carbons (Fsp3) is 0.381. The fourth-order valence-corrected chi connectivity index (χ4v) is 3.32. The Kier molecular flexibility index (Phi) is 4.80. The topological polar surface area (TPSA) is 32.6 Å². The third-order valence-electron chi connectivity index (χ3n) is 4.78. The summed E-state index contributed by atoms with van der Waals surface area (Å²) < 4.78 is 0. The fourth-order valence-electron chi connectivity index (χ4n) is 3.32. The summed E-state index contributed by atoms with van der Waals surface area (Å²) in [5, 5.41) is 10.6. The second-order valence-electron chi connectivity index (χ2n) is 6.81. The van der Waals surface area contributed by atoms with Gasteiger partial charge in [-0.2, -0.15) is 0 Å². The first-order chi connectivity index (χ1) is 11.1. The molecule has 0 heterocycles. The van der Waals surface area contributed by atoms with Crippen LogP contribution in [0.4, 0.5) is 0 Å². The van der Waals surface area contributed by atoms with E-state index in [0.29, 0.717) is 11.8 Å². The third kappa shape index (κ3) is 3.82. The minimum Gasteiger partial charge on any atom is -0.507 e. The van der Waals surface area contributed by atoms with Crippen LogP contribution in [0, 0.1) is 12.8 Å². The average Bonchev–Trinajstić information content (AvgIpc) is 2.57. The summed E-state index contributed by atoms with van der Waals surface area (Å²) in [5.74, 6) is 1.16. The summed E-state index contributed by atoms with van der Waals surface area (Å²) >= 11 is 0. The number of phenolic OH excluding ortho intramolecular Hbond substituents is 1. The zero-order valence-electron chi connectivity index (χ0n) is 14.0. The summed E-state index contributed by atoms with van der Waals surface area (Å²) in [6, 6.07) is 14.5. The van der Waals surface area contributed by atoms with Crippen LogP contribution in [-0.2, 0) is 0 Å². The van der Waals surface area contributed by atoms with Crippen LogP contribution in [0.3, 0.4) is 0 Å². The van der Waals surface area contributed by atoms with Crippen molar-refractivity contribution in [2.45, 2.75) is 45.6 Å². The Hall–Kier alpha value is -2.09. The predicted octanol–water partition coefficient (Wildman–Crippen LogP) is 5.37. The van der Waals surface area contributed by atoms with Gasteiger partial charge >= 0.3 is 0 Å². The lowest BCUT2D eigenvalue weighted by Gasteiger charge is -2.23. The van der Waals surface area contributed by atoms with Crippen molar-refractivity contribution in [3.05, 3.63) is 53.6 Å². The van der Waals surface area contributed by atoms with Crippen LogP contribution >= 0.6 is 0 Å². The van der Waals surface area contributed by atoms with E-state index >= 15 is 0 Å². The van der Waals surface area contributed by atoms with E-state index in [1.807, 2.05) is 48.7 Å². The molecule has 0 atom stereocenters. The Bertz CT molecular complexity index is 682. The van der Waals surface area contributed by atoms with Crippen molar-refractivity contribution in [1.29, 1.82) is 0 Å². The van der Waals surface area contributed by atoms with Gasteiger partial charge in [-0.15, -0.1) is 0 Å². The quantitative estimate of drug-likeness (QED) is 0.760. The van der Waals surface area contributed by atoms with Crippen LogP contribution in [0.1, 0.15) is 43.7 Å². The monoisotopic (exact) mass is 307 g/mol. The number of aromatic hydroxyl groups is 1. The van der Waals surface area contributed by atoms with Crippen LogP contribution in [0.5, 0.6) is 5.75 Å². The van der Waals surface area contributed by atoms with E-state index in [1.165, 1.54) is 12.8 Å². The Morgan fingerprint density at radius 3 is 2.43 bits per heavy atom. The van der Waals surface area contributed by atoms with Crippen LogP contribution in [-0.4, -0.2) is 17.4 Å². The first-order valence-electron chi connectivity index (χ1n) is 8.55. The van der Waals surface area contributed by atoms with Gasteiger partial charge in [0, 0.05) is 23.4 Å². The first-order valence-corrected chi connectivity index (χ1v) is 8.55. The lowest BCUT2D eigenvalue weighted by molar-refractivity contribution is 0.350. The Morgan fingerprint density at radius 1 is 1.04 bits per heavy atom. The van der Waals surface area contributed by atoms with Crippen LogP contribution < -0.4 is 0 Å². The Morgan fingerprint density at radius 2 is 1.74 bits per heavy atom. The summed E-state index contributed by atoms with van der Waals surface area (Å²) in [7, 11) is 0. The molecule has 1 fully saturated rings. The molecular formula is C21H25NO. The van der Waals surface area contributed by atoms with Crippen molar-refractivity contribution in [3.8, 4) is 16.9 Å². The van der Waals surface area contributed by atoms with Gasteiger partial charge in [0.25, 0.3) is 0 Å². The van der Waals surface area contributed by atoms with Gasteiger partial charge in [0.2, 0.25) is 0 Å². The van der Waals surface area contributed by atoms with Gasteiger partial charge in [-0.25, -0.2) is 0 Å². The van der Waals surface area contributed by atoms with Gasteiger partial charge in [0.1, 0.15) is 5.75 Å². The molecule has 1 aliphatic carbocycles. The lowest BCUT2D eigenvalue weighted by atomic mass is 9.88. The maximum atomic E-state index is 10.6. The third-order valence-corrected chi connectivity index (χ3v) is 4.78. The number of phenols is 1. The van der Waals surface area contributed by atoms with Crippen LogP contribution in [0.25, 0.3) is 11.1 Å². The summed E-state index contributed by atoms with van der Waals surface area (Å²) in [4.78, 5) is 4.74. The first kappa shape index (κ1) is 15.8. The molecule has 2 heteroatoms. The van der Waals surface area contributed by atoms with Crippen molar-refractivity contribution in [2.24, 2.45) is 10.9 Å². The molecule has 2 aromatic carbocycles. The van der Waals surface area contributed by atoms with E-state index in [0.717, 1.165) is 41.0 Å². The van der Waals surface area contributed by atoms with Crippen LogP contribution in [0.15, 0.2) is 47.5 Å². The maximum Gasteiger partial charge on any atom is 0.132 e. The molecule has 0 radical (unpaired) electrons. The summed E-state index contributed by atoms with van der Waals surface area (Å²) in [6.45, 7) is 4.38.